The molecule has 2 N–H and O–H groups in total. The maximum Gasteiger partial charge on any atom is 0.272 e. The van der Waals surface area contributed by atoms with E-state index in [2.05, 4.69) is 20.7 Å². The molecular weight excluding hydrogens is 355 g/mol. The van der Waals surface area contributed by atoms with Crippen molar-refractivity contribution in [1.82, 2.24) is 20.7 Å². The van der Waals surface area contributed by atoms with E-state index in [1.807, 2.05) is 17.5 Å². The van der Waals surface area contributed by atoms with Crippen LogP contribution in [0.3, 0.4) is 0 Å². The molecule has 0 atom stereocenters. The van der Waals surface area contributed by atoms with Crippen LogP contribution in [0.1, 0.15) is 16.2 Å². The van der Waals surface area contributed by atoms with Crippen molar-refractivity contribution in [3.63, 3.8) is 0 Å². The zero-order valence-electron chi connectivity index (χ0n) is 13.4. The minimum atomic E-state index is -0.318. The predicted octanol–water partition coefficient (Wildman–Crippen LogP) is 3.86. The summed E-state index contributed by atoms with van der Waals surface area (Å²) in [6.07, 6.45) is 0. The molecule has 0 spiro atoms. The van der Waals surface area contributed by atoms with Crippen molar-refractivity contribution < 1.29 is 13.7 Å². The van der Waals surface area contributed by atoms with Gasteiger partial charge in [0.05, 0.1) is 17.1 Å². The van der Waals surface area contributed by atoms with Gasteiger partial charge in [-0.05, 0) is 41.8 Å². The molecule has 1 aromatic carbocycles. The Morgan fingerprint density at radius 1 is 1.23 bits per heavy atom. The molecule has 3 heterocycles. The minimum absolute atomic E-state index is 0.199. The molecule has 4 aromatic rings. The second kappa shape index (κ2) is 6.93. The summed E-state index contributed by atoms with van der Waals surface area (Å²) in [5.74, 6) is -0.119. The largest absolute Gasteiger partial charge is 0.356 e. The SMILES string of the molecule is O=C(NCc1cc(-c2ccc(F)cc2)on1)c1cc(-c2cccs2)[nH]n1. The highest BCUT2D eigenvalue weighted by Gasteiger charge is 2.13. The second-order valence-corrected chi connectivity index (χ2v) is 6.46. The van der Waals surface area contributed by atoms with Gasteiger partial charge in [0.2, 0.25) is 0 Å². The van der Waals surface area contributed by atoms with E-state index < -0.39 is 0 Å². The summed E-state index contributed by atoms with van der Waals surface area (Å²) in [5.41, 5.74) is 2.37. The first kappa shape index (κ1) is 16.2. The molecule has 0 unspecified atom stereocenters. The highest BCUT2D eigenvalue weighted by atomic mass is 32.1. The molecule has 130 valence electrons. The smallest absolute Gasteiger partial charge is 0.272 e. The van der Waals surface area contributed by atoms with Crippen LogP contribution in [-0.4, -0.2) is 21.3 Å². The molecule has 0 bridgehead atoms. The number of thiophene rings is 1. The number of H-pyrrole nitrogens is 1. The summed E-state index contributed by atoms with van der Waals surface area (Å²) in [6, 6.07) is 13.2. The summed E-state index contributed by atoms with van der Waals surface area (Å²) in [6.45, 7) is 0.199. The van der Waals surface area contributed by atoms with Gasteiger partial charge in [-0.25, -0.2) is 4.39 Å². The number of rotatable bonds is 5. The summed E-state index contributed by atoms with van der Waals surface area (Å²) in [5, 5.41) is 15.5. The van der Waals surface area contributed by atoms with Gasteiger partial charge in [0, 0.05) is 11.6 Å². The van der Waals surface area contributed by atoms with Crippen molar-refractivity contribution in [3.05, 3.63) is 71.1 Å². The third-order valence-electron chi connectivity index (χ3n) is 3.71. The van der Waals surface area contributed by atoms with E-state index in [0.717, 1.165) is 10.6 Å². The Bertz CT molecular complexity index is 1020. The Labute approximate surface area is 151 Å². The van der Waals surface area contributed by atoms with Gasteiger partial charge in [0.15, 0.2) is 11.5 Å². The van der Waals surface area contributed by atoms with Crippen LogP contribution in [0.4, 0.5) is 4.39 Å². The molecule has 0 saturated carbocycles. The number of carbonyl (C=O) groups is 1. The number of carbonyl (C=O) groups excluding carboxylic acids is 1. The van der Waals surface area contributed by atoms with E-state index in [0.29, 0.717) is 22.7 Å². The number of hydrogen-bond acceptors (Lipinski definition) is 5. The van der Waals surface area contributed by atoms with Crippen LogP contribution >= 0.6 is 11.3 Å². The van der Waals surface area contributed by atoms with Crippen LogP contribution in [0.5, 0.6) is 0 Å². The molecule has 1 amide bonds. The van der Waals surface area contributed by atoms with Gasteiger partial charge in [-0.2, -0.15) is 5.10 Å². The van der Waals surface area contributed by atoms with Crippen LogP contribution in [0, 0.1) is 5.82 Å². The maximum atomic E-state index is 13.0. The summed E-state index contributed by atoms with van der Waals surface area (Å²) >= 11 is 1.56. The Hall–Kier alpha value is -3.26. The fourth-order valence-corrected chi connectivity index (χ4v) is 3.10. The van der Waals surface area contributed by atoms with E-state index in [4.69, 9.17) is 4.52 Å². The Morgan fingerprint density at radius 3 is 2.85 bits per heavy atom. The second-order valence-electron chi connectivity index (χ2n) is 5.52. The number of aromatic nitrogens is 3. The lowest BCUT2D eigenvalue weighted by Crippen LogP contribution is -2.23. The average molecular weight is 368 g/mol. The Kier molecular flexibility index (Phi) is 4.32. The number of nitrogens with zero attached hydrogens (tertiary/aromatic N) is 2. The van der Waals surface area contributed by atoms with Gasteiger partial charge in [-0.1, -0.05) is 11.2 Å². The molecule has 26 heavy (non-hydrogen) atoms. The quantitative estimate of drug-likeness (QED) is 0.560. The van der Waals surface area contributed by atoms with Gasteiger partial charge in [0.25, 0.3) is 5.91 Å². The molecular formula is C18H13FN4O2S. The Balaban J connectivity index is 1.40. The molecule has 0 aliphatic heterocycles. The predicted molar refractivity (Wildman–Crippen MR) is 95.0 cm³/mol. The molecule has 0 aliphatic carbocycles. The zero-order chi connectivity index (χ0) is 17.9. The minimum Gasteiger partial charge on any atom is -0.356 e. The monoisotopic (exact) mass is 368 g/mol. The molecule has 4 rings (SSSR count). The van der Waals surface area contributed by atoms with E-state index in [-0.39, 0.29) is 18.3 Å². The fourth-order valence-electron chi connectivity index (χ4n) is 2.40. The third kappa shape index (κ3) is 3.40. The van der Waals surface area contributed by atoms with Crippen LogP contribution in [0.15, 0.2) is 58.4 Å². The first-order chi connectivity index (χ1) is 12.7. The van der Waals surface area contributed by atoms with Crippen LogP contribution in [0.25, 0.3) is 21.9 Å². The van der Waals surface area contributed by atoms with Crippen molar-refractivity contribution in [2.45, 2.75) is 6.54 Å². The van der Waals surface area contributed by atoms with Crippen molar-refractivity contribution in [2.75, 3.05) is 0 Å². The number of aromatic amines is 1. The lowest BCUT2D eigenvalue weighted by Gasteiger charge is -1.98. The fraction of sp³-hybridized carbons (Fsp3) is 0.0556. The van der Waals surface area contributed by atoms with Crippen LogP contribution in [0.2, 0.25) is 0 Å². The maximum absolute atomic E-state index is 13.0. The summed E-state index contributed by atoms with van der Waals surface area (Å²) in [4.78, 5) is 13.2. The van der Waals surface area contributed by atoms with E-state index in [1.54, 1.807) is 35.6 Å². The topological polar surface area (TPSA) is 83.8 Å². The standard InChI is InChI=1S/C18H13FN4O2S/c19-12-5-3-11(4-6-12)16-8-13(23-25-16)10-20-18(24)15-9-14(21-22-15)17-2-1-7-26-17/h1-9H,10H2,(H,20,24)(H,21,22). The van der Waals surface area contributed by atoms with Crippen LogP contribution < -0.4 is 5.32 Å². The molecule has 0 fully saturated rings. The average Bonchev–Trinajstić information content (AvgIpc) is 3.41. The van der Waals surface area contributed by atoms with Crippen molar-refractivity contribution >= 4 is 17.2 Å². The number of benzene rings is 1. The normalized spacial score (nSPS) is 10.8. The molecule has 0 radical (unpaired) electrons. The molecule has 6 nitrogen and oxygen atoms in total. The van der Waals surface area contributed by atoms with Gasteiger partial charge in [0.1, 0.15) is 11.5 Å². The lowest BCUT2D eigenvalue weighted by atomic mass is 10.1. The molecule has 3 aromatic heterocycles. The van der Waals surface area contributed by atoms with E-state index in [1.165, 1.54) is 12.1 Å². The summed E-state index contributed by atoms with van der Waals surface area (Å²) in [7, 11) is 0. The van der Waals surface area contributed by atoms with Crippen molar-refractivity contribution in [3.8, 4) is 21.9 Å². The van der Waals surface area contributed by atoms with Gasteiger partial charge < -0.3 is 9.84 Å². The van der Waals surface area contributed by atoms with Gasteiger partial charge in [-0.15, -0.1) is 11.3 Å². The number of nitrogens with one attached hydrogen (secondary N) is 2. The number of amides is 1. The van der Waals surface area contributed by atoms with Crippen LogP contribution in [-0.2, 0) is 6.54 Å². The first-order valence-corrected chi connectivity index (χ1v) is 8.66. The first-order valence-electron chi connectivity index (χ1n) is 7.78. The number of hydrogen-bond donors (Lipinski definition) is 2. The van der Waals surface area contributed by atoms with Crippen molar-refractivity contribution in [2.24, 2.45) is 0 Å². The molecule has 0 saturated heterocycles. The van der Waals surface area contributed by atoms with Gasteiger partial charge in [-0.3, -0.25) is 9.89 Å². The van der Waals surface area contributed by atoms with Crippen molar-refractivity contribution in [1.29, 1.82) is 0 Å². The third-order valence-corrected chi connectivity index (χ3v) is 4.62. The van der Waals surface area contributed by atoms with Gasteiger partial charge >= 0.3 is 0 Å². The van der Waals surface area contributed by atoms with E-state index in [9.17, 15) is 9.18 Å². The summed E-state index contributed by atoms with van der Waals surface area (Å²) < 4.78 is 18.2. The highest BCUT2D eigenvalue weighted by Crippen LogP contribution is 2.23. The molecule has 8 heteroatoms. The lowest BCUT2D eigenvalue weighted by molar-refractivity contribution is 0.0945. The highest BCUT2D eigenvalue weighted by molar-refractivity contribution is 7.13. The Morgan fingerprint density at radius 2 is 2.08 bits per heavy atom. The zero-order valence-corrected chi connectivity index (χ0v) is 14.2. The van der Waals surface area contributed by atoms with E-state index >= 15 is 0 Å². The molecule has 0 aliphatic rings. The number of halogens is 1.